The van der Waals surface area contributed by atoms with Crippen LogP contribution in [0.25, 0.3) is 0 Å². The van der Waals surface area contributed by atoms with Crippen LogP contribution < -0.4 is 5.32 Å². The molecule has 2 aromatic rings. The number of hydrogen-bond donors (Lipinski definition) is 1. The van der Waals surface area contributed by atoms with Crippen LogP contribution in [0.2, 0.25) is 0 Å². The van der Waals surface area contributed by atoms with Crippen LogP contribution >= 0.6 is 0 Å². The van der Waals surface area contributed by atoms with Gasteiger partial charge < -0.3 is 5.32 Å². The summed E-state index contributed by atoms with van der Waals surface area (Å²) in [5.41, 5.74) is 4.91. The van der Waals surface area contributed by atoms with Crippen molar-refractivity contribution in [1.29, 1.82) is 0 Å². The SMILES string of the molecule is Cc1ccc(C)c(CNCc2ccc(S(C)(=O)=O)cc2)c1. The molecule has 0 bridgehead atoms. The zero-order valence-electron chi connectivity index (χ0n) is 12.7. The van der Waals surface area contributed by atoms with E-state index >= 15 is 0 Å². The van der Waals surface area contributed by atoms with E-state index in [9.17, 15) is 8.42 Å². The molecule has 1 N–H and O–H groups in total. The Balaban J connectivity index is 1.96. The summed E-state index contributed by atoms with van der Waals surface area (Å²) in [6.07, 6.45) is 1.22. The van der Waals surface area contributed by atoms with Gasteiger partial charge in [-0.25, -0.2) is 8.42 Å². The van der Waals surface area contributed by atoms with Crippen LogP contribution in [0.1, 0.15) is 22.3 Å². The molecule has 0 heterocycles. The minimum Gasteiger partial charge on any atom is -0.309 e. The highest BCUT2D eigenvalue weighted by molar-refractivity contribution is 7.90. The Hall–Kier alpha value is -1.65. The van der Waals surface area contributed by atoms with Crippen LogP contribution in [0.3, 0.4) is 0 Å². The van der Waals surface area contributed by atoms with E-state index in [1.165, 1.54) is 22.9 Å². The smallest absolute Gasteiger partial charge is 0.175 e. The zero-order chi connectivity index (χ0) is 15.5. The molecule has 2 rings (SSSR count). The van der Waals surface area contributed by atoms with Gasteiger partial charge in [0.2, 0.25) is 0 Å². The van der Waals surface area contributed by atoms with Crippen molar-refractivity contribution in [3.05, 3.63) is 64.7 Å². The van der Waals surface area contributed by atoms with Crippen LogP contribution in [-0.4, -0.2) is 14.7 Å². The Labute approximate surface area is 126 Å². The highest BCUT2D eigenvalue weighted by Gasteiger charge is 2.06. The molecular formula is C17H21NO2S. The minimum absolute atomic E-state index is 0.362. The first-order valence-electron chi connectivity index (χ1n) is 6.92. The summed E-state index contributed by atoms with van der Waals surface area (Å²) in [5.74, 6) is 0. The fourth-order valence-electron chi connectivity index (χ4n) is 2.19. The molecule has 0 unspecified atom stereocenters. The van der Waals surface area contributed by atoms with E-state index < -0.39 is 9.84 Å². The number of nitrogens with one attached hydrogen (secondary N) is 1. The lowest BCUT2D eigenvalue weighted by atomic mass is 10.1. The summed E-state index contributed by atoms with van der Waals surface area (Å²) < 4.78 is 22.8. The molecule has 0 amide bonds. The van der Waals surface area contributed by atoms with Crippen molar-refractivity contribution in [2.45, 2.75) is 31.8 Å². The van der Waals surface area contributed by atoms with Gasteiger partial charge in [0.05, 0.1) is 4.90 Å². The molecule has 0 fully saturated rings. The van der Waals surface area contributed by atoms with Crippen molar-refractivity contribution < 1.29 is 8.42 Å². The number of sulfone groups is 1. The van der Waals surface area contributed by atoms with Crippen molar-refractivity contribution in [2.24, 2.45) is 0 Å². The maximum Gasteiger partial charge on any atom is 0.175 e. The Bertz CT molecular complexity index is 719. The second-order valence-corrected chi connectivity index (χ2v) is 7.47. The van der Waals surface area contributed by atoms with E-state index in [-0.39, 0.29) is 0 Å². The first kappa shape index (κ1) is 15.7. The second kappa shape index (κ2) is 6.41. The number of rotatable bonds is 5. The summed E-state index contributed by atoms with van der Waals surface area (Å²) in [6.45, 7) is 5.73. The predicted molar refractivity (Wildman–Crippen MR) is 86.0 cm³/mol. The van der Waals surface area contributed by atoms with Crippen molar-refractivity contribution in [3.8, 4) is 0 Å². The molecule has 0 saturated heterocycles. The Morgan fingerprint density at radius 1 is 0.952 bits per heavy atom. The summed E-state index contributed by atoms with van der Waals surface area (Å²) in [5, 5.41) is 3.39. The third-order valence-electron chi connectivity index (χ3n) is 3.50. The third-order valence-corrected chi connectivity index (χ3v) is 4.63. The van der Waals surface area contributed by atoms with E-state index in [0.29, 0.717) is 4.90 Å². The molecule has 0 saturated carbocycles. The molecule has 0 aliphatic heterocycles. The van der Waals surface area contributed by atoms with Gasteiger partial charge in [0.1, 0.15) is 0 Å². The number of hydrogen-bond acceptors (Lipinski definition) is 3. The van der Waals surface area contributed by atoms with Gasteiger partial charge >= 0.3 is 0 Å². The topological polar surface area (TPSA) is 46.2 Å². The molecule has 0 spiro atoms. The summed E-state index contributed by atoms with van der Waals surface area (Å²) in [7, 11) is -3.11. The molecule has 0 aromatic heterocycles. The molecule has 0 aliphatic carbocycles. The molecule has 0 radical (unpaired) electrons. The monoisotopic (exact) mass is 303 g/mol. The zero-order valence-corrected chi connectivity index (χ0v) is 13.5. The Morgan fingerprint density at radius 3 is 2.24 bits per heavy atom. The van der Waals surface area contributed by atoms with E-state index in [1.807, 2.05) is 12.1 Å². The molecule has 2 aromatic carbocycles. The largest absolute Gasteiger partial charge is 0.309 e. The van der Waals surface area contributed by atoms with Gasteiger partial charge in [-0.1, -0.05) is 35.9 Å². The fourth-order valence-corrected chi connectivity index (χ4v) is 2.82. The third kappa shape index (κ3) is 4.41. The van der Waals surface area contributed by atoms with Crippen LogP contribution in [0, 0.1) is 13.8 Å². The Morgan fingerprint density at radius 2 is 1.62 bits per heavy atom. The number of aryl methyl sites for hydroxylation is 2. The molecule has 3 nitrogen and oxygen atoms in total. The normalized spacial score (nSPS) is 11.6. The first-order chi connectivity index (χ1) is 9.86. The van der Waals surface area contributed by atoms with E-state index in [4.69, 9.17) is 0 Å². The van der Waals surface area contributed by atoms with Gasteiger partial charge in [-0.05, 0) is 42.7 Å². The van der Waals surface area contributed by atoms with Gasteiger partial charge in [0.15, 0.2) is 9.84 Å². The van der Waals surface area contributed by atoms with Gasteiger partial charge in [-0.15, -0.1) is 0 Å². The van der Waals surface area contributed by atoms with Crippen LogP contribution in [0.5, 0.6) is 0 Å². The lowest BCUT2D eigenvalue weighted by molar-refractivity contribution is 0.602. The maximum absolute atomic E-state index is 11.4. The summed E-state index contributed by atoms with van der Waals surface area (Å²) in [4.78, 5) is 0.362. The molecule has 21 heavy (non-hydrogen) atoms. The first-order valence-corrected chi connectivity index (χ1v) is 8.81. The maximum atomic E-state index is 11.4. The lowest BCUT2D eigenvalue weighted by Gasteiger charge is -2.09. The predicted octanol–water partition coefficient (Wildman–Crippen LogP) is 3.00. The molecule has 0 aliphatic rings. The molecule has 4 heteroatoms. The lowest BCUT2D eigenvalue weighted by Crippen LogP contribution is -2.13. The highest BCUT2D eigenvalue weighted by Crippen LogP contribution is 2.12. The van der Waals surface area contributed by atoms with Gasteiger partial charge in [0.25, 0.3) is 0 Å². The average Bonchev–Trinajstić information content (AvgIpc) is 2.42. The number of benzene rings is 2. The van der Waals surface area contributed by atoms with E-state index in [1.54, 1.807) is 12.1 Å². The van der Waals surface area contributed by atoms with Crippen LogP contribution in [0.4, 0.5) is 0 Å². The minimum atomic E-state index is -3.11. The molecule has 0 atom stereocenters. The van der Waals surface area contributed by atoms with Gasteiger partial charge in [0, 0.05) is 19.3 Å². The summed E-state index contributed by atoms with van der Waals surface area (Å²) in [6, 6.07) is 13.5. The second-order valence-electron chi connectivity index (χ2n) is 5.45. The summed E-state index contributed by atoms with van der Waals surface area (Å²) >= 11 is 0. The van der Waals surface area contributed by atoms with Crippen LogP contribution in [0.15, 0.2) is 47.4 Å². The standard InChI is InChI=1S/C17H21NO2S/c1-13-4-5-14(2)16(10-13)12-18-11-15-6-8-17(9-7-15)21(3,19)20/h4-10,18H,11-12H2,1-3H3. The van der Waals surface area contributed by atoms with Crippen molar-refractivity contribution in [3.63, 3.8) is 0 Å². The van der Waals surface area contributed by atoms with E-state index in [0.717, 1.165) is 18.7 Å². The average molecular weight is 303 g/mol. The molecular weight excluding hydrogens is 282 g/mol. The highest BCUT2D eigenvalue weighted by atomic mass is 32.2. The van der Waals surface area contributed by atoms with Crippen molar-refractivity contribution >= 4 is 9.84 Å². The Kier molecular flexibility index (Phi) is 4.80. The van der Waals surface area contributed by atoms with Crippen LogP contribution in [-0.2, 0) is 22.9 Å². The van der Waals surface area contributed by atoms with Gasteiger partial charge in [-0.2, -0.15) is 0 Å². The quantitative estimate of drug-likeness (QED) is 0.923. The van der Waals surface area contributed by atoms with Crippen molar-refractivity contribution in [2.75, 3.05) is 6.26 Å². The fraction of sp³-hybridized carbons (Fsp3) is 0.294. The van der Waals surface area contributed by atoms with E-state index in [2.05, 4.69) is 37.4 Å². The molecule has 112 valence electrons. The van der Waals surface area contributed by atoms with Crippen molar-refractivity contribution in [1.82, 2.24) is 5.32 Å². The van der Waals surface area contributed by atoms with Gasteiger partial charge in [-0.3, -0.25) is 0 Å².